The van der Waals surface area contributed by atoms with Gasteiger partial charge in [0.05, 0.1) is 36.7 Å². The molecule has 3 saturated heterocycles. The van der Waals surface area contributed by atoms with Crippen LogP contribution in [-0.4, -0.2) is 96.5 Å². The molecule has 10 rings (SSSR count). The van der Waals surface area contributed by atoms with Crippen LogP contribution in [0.1, 0.15) is 86.7 Å². The van der Waals surface area contributed by atoms with Gasteiger partial charge in [-0.05, 0) is 66.0 Å². The van der Waals surface area contributed by atoms with Crippen molar-refractivity contribution in [3.05, 3.63) is 119 Å². The molecule has 4 aromatic carbocycles. The van der Waals surface area contributed by atoms with Crippen LogP contribution in [0.3, 0.4) is 0 Å². The Morgan fingerprint density at radius 3 is 2.32 bits per heavy atom. The van der Waals surface area contributed by atoms with Gasteiger partial charge >= 0.3 is 6.01 Å². The standard InChI is InChI=1S/C55H58F4N6O2Si/c1-33(2)68(34(3)4,35(5)6)26-21-41-44(57)20-19-38-27-40(61-48(36-15-9-7-10-16-36)37-17-11-8-12-18-37)28-42(45(38)41)49-46(58)50-43(30-60-49)53(65-24-14-25-66-52-47(59)51(52)65)63-54(62-50)67-32-55-22-13-23-64(55)31-39(56)29-55/h7-12,15-20,27-28,30,33-35,39,47,51-52H,13-14,22-25,29,31-32H2,1-6H3/t39-,47-,51-,52+,55+/m1/s1/i32D2. The number of rotatable bonds is 11. The van der Waals surface area contributed by atoms with Crippen molar-refractivity contribution < 1.29 is 29.8 Å². The highest BCUT2D eigenvalue weighted by Gasteiger charge is 2.58. The molecule has 0 bridgehead atoms. The average Bonchev–Trinajstić information content (AvgIpc) is 3.69. The van der Waals surface area contributed by atoms with Crippen molar-refractivity contribution in [2.45, 2.75) is 114 Å². The molecule has 68 heavy (non-hydrogen) atoms. The zero-order valence-electron chi connectivity index (χ0n) is 41.4. The van der Waals surface area contributed by atoms with Crippen molar-refractivity contribution in [3.8, 4) is 28.7 Å². The number of benzene rings is 4. The highest BCUT2D eigenvalue weighted by molar-refractivity contribution is 6.90. The molecule has 352 valence electrons. The second kappa shape index (κ2) is 18.3. The third-order valence-electron chi connectivity index (χ3n) is 14.8. The monoisotopic (exact) mass is 940 g/mol. The zero-order valence-corrected chi connectivity index (χ0v) is 40.4. The molecular weight excluding hydrogens is 881 g/mol. The number of alkyl halides is 2. The molecule has 1 saturated carbocycles. The number of pyridine rings is 1. The lowest BCUT2D eigenvalue weighted by molar-refractivity contribution is 0.105. The molecule has 0 N–H and O–H groups in total. The van der Waals surface area contributed by atoms with Gasteiger partial charge in [0.25, 0.3) is 0 Å². The Hall–Kier alpha value is -5.68. The minimum atomic E-state index is -2.50. The third kappa shape index (κ3) is 8.16. The van der Waals surface area contributed by atoms with E-state index < -0.39 is 62.3 Å². The summed E-state index contributed by atoms with van der Waals surface area (Å²) in [5, 5.41) is 1.03. The number of fused-ring (bicyclic) bond motifs is 4. The highest BCUT2D eigenvalue weighted by atomic mass is 28.3. The molecule has 4 fully saturated rings. The summed E-state index contributed by atoms with van der Waals surface area (Å²) < 4.78 is 96.2. The number of aromatic nitrogens is 3. The molecule has 0 radical (unpaired) electrons. The van der Waals surface area contributed by atoms with Crippen LogP contribution in [0.25, 0.3) is 32.9 Å². The number of hydrogen-bond acceptors (Lipinski definition) is 8. The van der Waals surface area contributed by atoms with Gasteiger partial charge in [0.15, 0.2) is 12.0 Å². The van der Waals surface area contributed by atoms with Gasteiger partial charge in [-0.3, -0.25) is 9.88 Å². The topological polar surface area (TPSA) is 76.0 Å². The maximum absolute atomic E-state index is 18.3. The second-order valence-electron chi connectivity index (χ2n) is 19.8. The Labute approximate surface area is 400 Å². The van der Waals surface area contributed by atoms with Crippen LogP contribution < -0.4 is 9.64 Å². The fraction of sp³-hybridized carbons (Fsp3) is 0.418. The molecule has 5 atom stereocenters. The maximum atomic E-state index is 18.3. The first-order chi connectivity index (χ1) is 33.5. The molecule has 13 heteroatoms. The van der Waals surface area contributed by atoms with Crippen molar-refractivity contribution >= 4 is 47.0 Å². The van der Waals surface area contributed by atoms with Gasteiger partial charge in [-0.15, -0.1) is 5.54 Å². The number of aliphatic imine (C=N–C) groups is 1. The maximum Gasteiger partial charge on any atom is 0.319 e. The molecule has 0 spiro atoms. The summed E-state index contributed by atoms with van der Waals surface area (Å²) in [4.78, 5) is 22.8. The van der Waals surface area contributed by atoms with E-state index in [-0.39, 0.29) is 63.1 Å². The molecule has 4 aliphatic rings. The van der Waals surface area contributed by atoms with E-state index in [1.807, 2.05) is 66.7 Å². The molecule has 3 aliphatic heterocycles. The second-order valence-corrected chi connectivity index (χ2v) is 25.4. The Morgan fingerprint density at radius 2 is 1.63 bits per heavy atom. The van der Waals surface area contributed by atoms with Crippen LogP contribution in [0.5, 0.6) is 6.01 Å². The fourth-order valence-corrected chi connectivity index (χ4v) is 16.7. The summed E-state index contributed by atoms with van der Waals surface area (Å²) >= 11 is 0. The summed E-state index contributed by atoms with van der Waals surface area (Å²) in [7, 11) is -2.42. The average molecular weight is 941 g/mol. The summed E-state index contributed by atoms with van der Waals surface area (Å²) in [6, 6.07) is 24.8. The molecule has 2 aromatic heterocycles. The molecule has 8 nitrogen and oxygen atoms in total. The number of ether oxygens (including phenoxy) is 2. The Morgan fingerprint density at radius 1 is 0.926 bits per heavy atom. The first-order valence-corrected chi connectivity index (χ1v) is 26.2. The minimum absolute atomic E-state index is 0.0723. The quantitative estimate of drug-likeness (QED) is 0.0554. The van der Waals surface area contributed by atoms with Crippen molar-refractivity contribution in [2.24, 2.45) is 4.99 Å². The summed E-state index contributed by atoms with van der Waals surface area (Å²) in [6.45, 7) is 11.8. The molecule has 0 unspecified atom stereocenters. The van der Waals surface area contributed by atoms with Gasteiger partial charge in [0, 0.05) is 54.4 Å². The molecule has 1 aliphatic carbocycles. The van der Waals surface area contributed by atoms with Gasteiger partial charge in [0.1, 0.15) is 49.8 Å². The van der Waals surface area contributed by atoms with Gasteiger partial charge in [-0.2, -0.15) is 9.97 Å². The van der Waals surface area contributed by atoms with E-state index >= 15 is 17.6 Å². The van der Waals surface area contributed by atoms with Crippen molar-refractivity contribution in [3.63, 3.8) is 0 Å². The number of hydrogen-bond donors (Lipinski definition) is 0. The molecule has 0 amide bonds. The molecule has 5 heterocycles. The van der Waals surface area contributed by atoms with E-state index in [0.29, 0.717) is 61.1 Å². The predicted octanol–water partition coefficient (Wildman–Crippen LogP) is 12.1. The molecule has 6 aromatic rings. The lowest BCUT2D eigenvalue weighted by Crippen LogP contribution is -2.43. The van der Waals surface area contributed by atoms with Crippen LogP contribution in [0, 0.1) is 23.1 Å². The van der Waals surface area contributed by atoms with Crippen molar-refractivity contribution in [1.82, 2.24) is 19.9 Å². The van der Waals surface area contributed by atoms with Gasteiger partial charge in [0.2, 0.25) is 0 Å². The summed E-state index contributed by atoms with van der Waals surface area (Å²) in [6.07, 6.45) is -0.463. The van der Waals surface area contributed by atoms with Crippen LogP contribution in [0.15, 0.2) is 96.1 Å². The van der Waals surface area contributed by atoms with Crippen molar-refractivity contribution in [1.29, 1.82) is 0 Å². The first kappa shape index (κ1) is 43.6. The third-order valence-corrected chi connectivity index (χ3v) is 21.1. The highest BCUT2D eigenvalue weighted by Crippen LogP contribution is 2.46. The smallest absolute Gasteiger partial charge is 0.319 e. The van der Waals surface area contributed by atoms with Crippen LogP contribution >= 0.6 is 0 Å². The van der Waals surface area contributed by atoms with Gasteiger partial charge in [-0.1, -0.05) is 114 Å². The van der Waals surface area contributed by atoms with E-state index in [1.165, 1.54) is 12.3 Å². The zero-order chi connectivity index (χ0) is 49.3. The summed E-state index contributed by atoms with van der Waals surface area (Å²) in [5.74, 6) is 1.98. The largest absolute Gasteiger partial charge is 0.461 e. The van der Waals surface area contributed by atoms with E-state index in [0.717, 1.165) is 11.1 Å². The fourth-order valence-electron chi connectivity index (χ4n) is 11.5. The van der Waals surface area contributed by atoms with Crippen LogP contribution in [-0.2, 0) is 4.74 Å². The van der Waals surface area contributed by atoms with Crippen molar-refractivity contribution in [2.75, 3.05) is 37.7 Å². The first-order valence-electron chi connectivity index (χ1n) is 25.0. The Balaban J connectivity index is 1.23. The van der Waals surface area contributed by atoms with E-state index in [1.54, 1.807) is 21.9 Å². The Bertz CT molecular complexity index is 3000. The number of anilines is 1. The normalized spacial score (nSPS) is 23.3. The van der Waals surface area contributed by atoms with Crippen LogP contribution in [0.4, 0.5) is 29.1 Å². The Kier molecular flexibility index (Phi) is 11.7. The van der Waals surface area contributed by atoms with E-state index in [9.17, 15) is 2.74 Å². The minimum Gasteiger partial charge on any atom is -0.461 e. The molecular formula is C55H58F4N6O2Si. The van der Waals surface area contributed by atoms with Gasteiger partial charge in [-0.25, -0.2) is 22.6 Å². The lowest BCUT2D eigenvalue weighted by atomic mass is 9.95. The van der Waals surface area contributed by atoms with Crippen LogP contribution in [0.2, 0.25) is 16.6 Å². The SMILES string of the molecule is [2H]C([2H])(Oc1nc(N2CCCO[C@H]3[C@H](F)[C@H]32)c2cnc(-c3cc(N=C(c4ccccc4)c4ccccc4)cc4ccc(F)c(C#C[Si](C(C)C)(C(C)C)C(C)C)c34)c(F)c2n1)[C@@]12CCCN1C[C@H](F)C2. The van der Waals surface area contributed by atoms with Gasteiger partial charge < -0.3 is 14.4 Å². The predicted molar refractivity (Wildman–Crippen MR) is 265 cm³/mol. The van der Waals surface area contributed by atoms with E-state index in [4.69, 9.17) is 24.4 Å². The number of halogens is 4. The van der Waals surface area contributed by atoms with E-state index in [2.05, 4.69) is 58.0 Å². The lowest BCUT2D eigenvalue weighted by Gasteiger charge is -2.38. The number of nitrogens with zero attached hydrogens (tertiary/aromatic N) is 6. The summed E-state index contributed by atoms with van der Waals surface area (Å²) in [5.41, 5.74) is 5.79.